The molecule has 8 heteroatoms. The highest BCUT2D eigenvalue weighted by Gasteiger charge is 2.67. The summed E-state index contributed by atoms with van der Waals surface area (Å²) in [5.74, 6) is -0.906. The number of carbonyl (C=O) groups excluding carboxylic acids is 1. The van der Waals surface area contributed by atoms with Gasteiger partial charge in [0.05, 0.1) is 18.3 Å². The first kappa shape index (κ1) is 20.0. The fourth-order valence-electron chi connectivity index (χ4n) is 3.38. The topological polar surface area (TPSA) is 89.9 Å². The number of aliphatic hydroxyl groups is 1. The van der Waals surface area contributed by atoms with E-state index in [1.54, 1.807) is 13.8 Å². The van der Waals surface area contributed by atoms with Gasteiger partial charge in [-0.2, -0.15) is 8.42 Å². The fraction of sp³-hybridized carbons (Fsp3) is 0.938. The Hall–Kier alpha value is -0.283. The molecule has 1 saturated carbocycles. The molecule has 2 aliphatic rings. The van der Waals surface area contributed by atoms with E-state index in [9.17, 15) is 18.3 Å². The molecule has 2 rings (SSSR count). The lowest BCUT2D eigenvalue weighted by molar-refractivity contribution is -0.127. The molecule has 1 aliphatic heterocycles. The molecular formula is C16H30O6SSi. The number of hydrogen-bond donors (Lipinski definition) is 1. The van der Waals surface area contributed by atoms with Crippen LogP contribution in [0.3, 0.4) is 0 Å². The molecule has 0 radical (unpaired) electrons. The highest BCUT2D eigenvalue weighted by molar-refractivity contribution is 7.89. The van der Waals surface area contributed by atoms with E-state index in [4.69, 9.17) is 8.61 Å². The Morgan fingerprint density at radius 1 is 1.29 bits per heavy atom. The largest absolute Gasteiger partial charge is 0.413 e. The highest BCUT2D eigenvalue weighted by Crippen LogP contribution is 2.49. The third-order valence-corrected chi connectivity index (χ3v) is 12.6. The lowest BCUT2D eigenvalue weighted by Crippen LogP contribution is -2.58. The van der Waals surface area contributed by atoms with Gasteiger partial charge < -0.3 is 9.53 Å². The molecule has 1 aliphatic carbocycles. The average molecular weight is 379 g/mol. The molecule has 1 heterocycles. The minimum absolute atomic E-state index is 0.00414. The van der Waals surface area contributed by atoms with Crippen LogP contribution in [0.2, 0.25) is 18.1 Å². The Kier molecular flexibility index (Phi) is 4.90. The van der Waals surface area contributed by atoms with Gasteiger partial charge in [0.15, 0.2) is 18.8 Å². The number of carbonyl (C=O) groups is 1. The summed E-state index contributed by atoms with van der Waals surface area (Å²) >= 11 is 0. The van der Waals surface area contributed by atoms with Crippen molar-refractivity contribution in [2.75, 3.05) is 0 Å². The molecule has 0 aromatic heterocycles. The predicted molar refractivity (Wildman–Crippen MR) is 93.7 cm³/mol. The molecule has 0 bridgehead atoms. The molecule has 0 amide bonds. The molecule has 0 aromatic rings. The van der Waals surface area contributed by atoms with Crippen LogP contribution >= 0.6 is 0 Å². The Labute approximate surface area is 146 Å². The van der Waals surface area contributed by atoms with Crippen LogP contribution < -0.4 is 0 Å². The molecule has 24 heavy (non-hydrogen) atoms. The van der Waals surface area contributed by atoms with Crippen LogP contribution in [0, 0.1) is 5.92 Å². The van der Waals surface area contributed by atoms with Crippen LogP contribution in [0.15, 0.2) is 0 Å². The molecule has 140 valence electrons. The van der Waals surface area contributed by atoms with Gasteiger partial charge in [0.25, 0.3) is 10.1 Å². The smallest absolute Gasteiger partial charge is 0.283 e. The van der Waals surface area contributed by atoms with Crippen LogP contribution in [0.1, 0.15) is 47.5 Å². The lowest BCUT2D eigenvalue weighted by atomic mass is 9.93. The molecule has 0 aromatic carbocycles. The second kappa shape index (κ2) is 5.87. The van der Waals surface area contributed by atoms with E-state index in [-0.39, 0.29) is 17.9 Å². The summed E-state index contributed by atoms with van der Waals surface area (Å²) in [4.78, 5) is 12.6. The van der Waals surface area contributed by atoms with E-state index >= 15 is 0 Å². The van der Waals surface area contributed by atoms with Crippen LogP contribution in [-0.2, 0) is 23.5 Å². The first-order chi connectivity index (χ1) is 10.7. The maximum absolute atomic E-state index is 12.6. The average Bonchev–Trinajstić information content (AvgIpc) is 2.61. The van der Waals surface area contributed by atoms with Crippen molar-refractivity contribution < 1.29 is 26.9 Å². The summed E-state index contributed by atoms with van der Waals surface area (Å²) in [6.07, 6.45) is -2.50. The SMILES string of the molecule is C[C@H]1[C@@H](O[Si](C)(C)C(C)(C)C)C[C@@]2(C(=O)C[C@@H](C)OS2(=O)=O)[C@H]1O. The van der Waals surface area contributed by atoms with Gasteiger partial charge >= 0.3 is 0 Å². The summed E-state index contributed by atoms with van der Waals surface area (Å²) < 4.78 is 34.8. The predicted octanol–water partition coefficient (Wildman–Crippen LogP) is 2.22. The maximum atomic E-state index is 12.6. The normalized spacial score (nSPS) is 40.2. The molecule has 2 fully saturated rings. The molecule has 1 N–H and O–H groups in total. The van der Waals surface area contributed by atoms with E-state index in [1.165, 1.54) is 0 Å². The highest BCUT2D eigenvalue weighted by atomic mass is 32.2. The van der Waals surface area contributed by atoms with Crippen molar-refractivity contribution in [2.24, 2.45) is 5.92 Å². The van der Waals surface area contributed by atoms with Crippen molar-refractivity contribution in [2.45, 2.75) is 88.7 Å². The van der Waals surface area contributed by atoms with Gasteiger partial charge in [0.1, 0.15) is 0 Å². The van der Waals surface area contributed by atoms with Gasteiger partial charge in [-0.1, -0.05) is 27.7 Å². The van der Waals surface area contributed by atoms with Gasteiger partial charge in [-0.3, -0.25) is 8.98 Å². The van der Waals surface area contributed by atoms with Crippen LogP contribution in [-0.4, -0.2) is 50.7 Å². The van der Waals surface area contributed by atoms with Crippen molar-refractivity contribution in [1.82, 2.24) is 0 Å². The second-order valence-electron chi connectivity index (χ2n) is 8.80. The first-order valence-corrected chi connectivity index (χ1v) is 12.8. The third kappa shape index (κ3) is 2.90. The second-order valence-corrected chi connectivity index (χ2v) is 15.4. The standard InChI is InChI=1S/C16H30O6SSi/c1-10-8-13(17)16(23(19,20)21-10)9-12(11(2)14(16)18)22-24(6,7)15(3,4)5/h10-12,14,18H,8-9H2,1-7H3/t10-,11+,12+,14+,16-/m1/s1. The van der Waals surface area contributed by atoms with Gasteiger partial charge in [0.2, 0.25) is 0 Å². The van der Waals surface area contributed by atoms with E-state index in [0.717, 1.165) is 0 Å². The van der Waals surface area contributed by atoms with Crippen molar-refractivity contribution in [3.8, 4) is 0 Å². The van der Waals surface area contributed by atoms with E-state index < -0.39 is 53.2 Å². The fourth-order valence-corrected chi connectivity index (χ4v) is 6.70. The van der Waals surface area contributed by atoms with Crippen molar-refractivity contribution in [3.63, 3.8) is 0 Å². The van der Waals surface area contributed by atoms with Gasteiger partial charge in [-0.05, 0) is 25.1 Å². The van der Waals surface area contributed by atoms with Crippen LogP contribution in [0.5, 0.6) is 0 Å². The molecule has 1 saturated heterocycles. The lowest BCUT2D eigenvalue weighted by Gasteiger charge is -2.39. The van der Waals surface area contributed by atoms with Gasteiger partial charge in [-0.15, -0.1) is 0 Å². The molecule has 6 nitrogen and oxygen atoms in total. The number of rotatable bonds is 2. The van der Waals surface area contributed by atoms with Crippen molar-refractivity contribution in [3.05, 3.63) is 0 Å². The zero-order valence-corrected chi connectivity index (χ0v) is 17.4. The van der Waals surface area contributed by atoms with Gasteiger partial charge in [0, 0.05) is 18.8 Å². The van der Waals surface area contributed by atoms with Crippen LogP contribution in [0.4, 0.5) is 0 Å². The van der Waals surface area contributed by atoms with E-state index in [2.05, 4.69) is 33.9 Å². The van der Waals surface area contributed by atoms with Crippen molar-refractivity contribution >= 4 is 24.2 Å². The third-order valence-electron chi connectivity index (χ3n) is 6.00. The zero-order chi connectivity index (χ0) is 18.7. The minimum atomic E-state index is -4.19. The Morgan fingerprint density at radius 3 is 2.29 bits per heavy atom. The zero-order valence-electron chi connectivity index (χ0n) is 15.6. The first-order valence-electron chi connectivity index (χ1n) is 8.48. The van der Waals surface area contributed by atoms with E-state index in [0.29, 0.717) is 0 Å². The summed E-state index contributed by atoms with van der Waals surface area (Å²) in [6, 6.07) is 0. The quantitative estimate of drug-likeness (QED) is 0.585. The Morgan fingerprint density at radius 2 is 1.83 bits per heavy atom. The number of aliphatic hydroxyl groups excluding tert-OH is 1. The maximum Gasteiger partial charge on any atom is 0.283 e. The number of Topliss-reactive ketones (excluding diaryl/α,β-unsaturated/α-hetero) is 1. The van der Waals surface area contributed by atoms with Crippen LogP contribution in [0.25, 0.3) is 0 Å². The summed E-state index contributed by atoms with van der Waals surface area (Å²) in [6.45, 7) is 13.7. The molecular weight excluding hydrogens is 348 g/mol. The van der Waals surface area contributed by atoms with Gasteiger partial charge in [-0.25, -0.2) is 0 Å². The molecule has 0 unspecified atom stereocenters. The molecule has 5 atom stereocenters. The summed E-state index contributed by atoms with van der Waals surface area (Å²) in [5, 5.41) is 10.6. The number of hydrogen-bond acceptors (Lipinski definition) is 6. The Bertz CT molecular complexity index is 623. The number of ketones is 1. The molecule has 1 spiro atoms. The van der Waals surface area contributed by atoms with E-state index in [1.807, 2.05) is 0 Å². The van der Waals surface area contributed by atoms with Crippen molar-refractivity contribution in [1.29, 1.82) is 0 Å². The Balaban J connectivity index is 2.38. The minimum Gasteiger partial charge on any atom is -0.413 e. The summed E-state index contributed by atoms with van der Waals surface area (Å²) in [5.41, 5.74) is 0. The monoisotopic (exact) mass is 378 g/mol. The summed E-state index contributed by atoms with van der Waals surface area (Å²) in [7, 11) is -6.35.